The number of halogens is 1. The maximum Gasteiger partial charge on any atom is 0.229 e. The third kappa shape index (κ3) is 5.33. The molecule has 0 spiro atoms. The van der Waals surface area contributed by atoms with Crippen molar-refractivity contribution >= 4 is 29.1 Å². The molecule has 0 amide bonds. The molecule has 8 nitrogen and oxygen atoms in total. The van der Waals surface area contributed by atoms with E-state index in [1.165, 1.54) is 0 Å². The second kappa shape index (κ2) is 9.64. The van der Waals surface area contributed by atoms with Crippen molar-refractivity contribution in [2.45, 2.75) is 51.2 Å². The molecule has 1 aromatic carbocycles. The Bertz CT molecular complexity index is 1030. The fourth-order valence-corrected chi connectivity index (χ4v) is 3.92. The van der Waals surface area contributed by atoms with Crippen LogP contribution in [-0.2, 0) is 6.54 Å². The van der Waals surface area contributed by atoms with Crippen molar-refractivity contribution < 1.29 is 5.11 Å². The predicted octanol–water partition coefficient (Wildman–Crippen LogP) is 3.72. The molecule has 4 rings (SSSR count). The van der Waals surface area contributed by atoms with Gasteiger partial charge in [-0.05, 0) is 56.4 Å². The van der Waals surface area contributed by atoms with Gasteiger partial charge >= 0.3 is 0 Å². The SMILES string of the molecule is Cc1cc(Nc2ncc(-c3cnn(CCO)c3)c(N[C@H]3CC[C@@H](N)CC3)n2)ccc1Cl. The van der Waals surface area contributed by atoms with Crippen molar-refractivity contribution in [3.63, 3.8) is 0 Å². The molecular formula is C22H28ClN7O. The van der Waals surface area contributed by atoms with Crippen LogP contribution in [0.5, 0.6) is 0 Å². The highest BCUT2D eigenvalue weighted by Crippen LogP contribution is 2.30. The lowest BCUT2D eigenvalue weighted by Crippen LogP contribution is -2.33. The van der Waals surface area contributed by atoms with Crippen LogP contribution < -0.4 is 16.4 Å². The highest BCUT2D eigenvalue weighted by atomic mass is 35.5. The summed E-state index contributed by atoms with van der Waals surface area (Å²) in [6.45, 7) is 2.44. The molecule has 1 fully saturated rings. The van der Waals surface area contributed by atoms with E-state index in [2.05, 4.69) is 20.7 Å². The standard InChI is InChI=1S/C22H28ClN7O/c1-14-10-18(6-7-20(14)23)28-22-25-12-19(15-11-26-30(13-15)8-9-31)21(29-22)27-17-4-2-16(24)3-5-17/h6-7,10-13,16-17,31H,2-5,8-9,24H2,1H3,(H2,25,27,28,29)/t16-,17+. The summed E-state index contributed by atoms with van der Waals surface area (Å²) in [5.41, 5.74) is 9.70. The van der Waals surface area contributed by atoms with E-state index in [-0.39, 0.29) is 12.6 Å². The molecule has 1 aliphatic carbocycles. The number of nitrogens with one attached hydrogen (secondary N) is 2. The number of rotatable bonds is 7. The summed E-state index contributed by atoms with van der Waals surface area (Å²) in [6.07, 6.45) is 9.48. The normalized spacial score (nSPS) is 18.7. The smallest absolute Gasteiger partial charge is 0.229 e. The van der Waals surface area contributed by atoms with E-state index >= 15 is 0 Å². The molecule has 1 saturated carbocycles. The van der Waals surface area contributed by atoms with Crippen LogP contribution in [0.2, 0.25) is 5.02 Å². The summed E-state index contributed by atoms with van der Waals surface area (Å²) in [7, 11) is 0. The average Bonchev–Trinajstić information content (AvgIpc) is 3.21. The largest absolute Gasteiger partial charge is 0.394 e. The molecule has 2 aromatic heterocycles. The predicted molar refractivity (Wildman–Crippen MR) is 124 cm³/mol. The van der Waals surface area contributed by atoms with Crippen LogP contribution >= 0.6 is 11.6 Å². The van der Waals surface area contributed by atoms with Crippen LogP contribution in [0, 0.1) is 6.92 Å². The van der Waals surface area contributed by atoms with Crippen LogP contribution in [0.4, 0.5) is 17.5 Å². The van der Waals surface area contributed by atoms with Crippen molar-refractivity contribution in [2.24, 2.45) is 5.73 Å². The Morgan fingerprint density at radius 2 is 2.03 bits per heavy atom. The first-order valence-electron chi connectivity index (χ1n) is 10.6. The average molecular weight is 442 g/mol. The zero-order valence-electron chi connectivity index (χ0n) is 17.6. The molecular weight excluding hydrogens is 414 g/mol. The first kappa shape index (κ1) is 21.5. The Kier molecular flexibility index (Phi) is 6.70. The third-order valence-electron chi connectivity index (χ3n) is 5.59. The highest BCUT2D eigenvalue weighted by molar-refractivity contribution is 6.31. The number of aliphatic hydroxyl groups excluding tert-OH is 1. The Morgan fingerprint density at radius 3 is 2.77 bits per heavy atom. The van der Waals surface area contributed by atoms with Gasteiger partial charge < -0.3 is 21.5 Å². The fourth-order valence-electron chi connectivity index (χ4n) is 3.80. The van der Waals surface area contributed by atoms with Crippen molar-refractivity contribution in [2.75, 3.05) is 17.2 Å². The summed E-state index contributed by atoms with van der Waals surface area (Å²) in [5.74, 6) is 1.26. The van der Waals surface area contributed by atoms with Crippen molar-refractivity contribution in [3.8, 4) is 11.1 Å². The van der Waals surface area contributed by atoms with Gasteiger partial charge in [0.1, 0.15) is 5.82 Å². The lowest BCUT2D eigenvalue weighted by molar-refractivity contribution is 0.269. The van der Waals surface area contributed by atoms with E-state index in [1.807, 2.05) is 31.3 Å². The molecule has 164 valence electrons. The minimum absolute atomic E-state index is 0.0361. The van der Waals surface area contributed by atoms with Gasteiger partial charge in [0, 0.05) is 46.3 Å². The van der Waals surface area contributed by atoms with Crippen LogP contribution in [0.3, 0.4) is 0 Å². The van der Waals surface area contributed by atoms with Gasteiger partial charge in [0.2, 0.25) is 5.95 Å². The molecule has 2 heterocycles. The van der Waals surface area contributed by atoms with Crippen LogP contribution in [-0.4, -0.2) is 43.5 Å². The van der Waals surface area contributed by atoms with Crippen LogP contribution in [0.15, 0.2) is 36.8 Å². The maximum absolute atomic E-state index is 9.18. The second-order valence-corrected chi connectivity index (χ2v) is 8.42. The Hall–Kier alpha value is -2.68. The number of hydrogen-bond donors (Lipinski definition) is 4. The molecule has 1 aliphatic rings. The number of aromatic nitrogens is 4. The minimum atomic E-state index is 0.0361. The minimum Gasteiger partial charge on any atom is -0.394 e. The molecule has 0 saturated heterocycles. The number of hydrogen-bond acceptors (Lipinski definition) is 7. The number of aryl methyl sites for hydroxylation is 1. The Labute approximate surface area is 186 Å². The zero-order valence-corrected chi connectivity index (χ0v) is 18.3. The number of nitrogens with zero attached hydrogens (tertiary/aromatic N) is 4. The summed E-state index contributed by atoms with van der Waals surface area (Å²) >= 11 is 6.14. The molecule has 0 radical (unpaired) electrons. The molecule has 31 heavy (non-hydrogen) atoms. The number of aliphatic hydroxyl groups is 1. The second-order valence-electron chi connectivity index (χ2n) is 8.02. The molecule has 0 unspecified atom stereocenters. The summed E-state index contributed by atoms with van der Waals surface area (Å²) in [6, 6.07) is 6.32. The van der Waals surface area contributed by atoms with Gasteiger partial charge in [-0.3, -0.25) is 4.68 Å². The monoisotopic (exact) mass is 441 g/mol. The van der Waals surface area contributed by atoms with E-state index in [1.54, 1.807) is 17.1 Å². The van der Waals surface area contributed by atoms with E-state index in [0.717, 1.165) is 58.9 Å². The van der Waals surface area contributed by atoms with Gasteiger partial charge in [0.05, 0.1) is 19.3 Å². The van der Waals surface area contributed by atoms with Gasteiger partial charge in [0.15, 0.2) is 0 Å². The Morgan fingerprint density at radius 1 is 1.23 bits per heavy atom. The van der Waals surface area contributed by atoms with Gasteiger partial charge in [-0.25, -0.2) is 4.98 Å². The lowest BCUT2D eigenvalue weighted by Gasteiger charge is -2.28. The van der Waals surface area contributed by atoms with Gasteiger partial charge in [-0.2, -0.15) is 10.1 Å². The van der Waals surface area contributed by atoms with Crippen molar-refractivity contribution in [1.82, 2.24) is 19.7 Å². The van der Waals surface area contributed by atoms with E-state index in [9.17, 15) is 5.11 Å². The number of nitrogens with two attached hydrogens (primary N) is 1. The van der Waals surface area contributed by atoms with Crippen molar-refractivity contribution in [1.29, 1.82) is 0 Å². The molecule has 3 aromatic rings. The summed E-state index contributed by atoms with van der Waals surface area (Å²) in [4.78, 5) is 9.30. The summed E-state index contributed by atoms with van der Waals surface area (Å²) in [5, 5.41) is 21.1. The quantitative estimate of drug-likeness (QED) is 0.441. The number of anilines is 3. The van der Waals surface area contributed by atoms with E-state index in [0.29, 0.717) is 18.5 Å². The zero-order chi connectivity index (χ0) is 21.8. The molecule has 0 bridgehead atoms. The summed E-state index contributed by atoms with van der Waals surface area (Å²) < 4.78 is 1.71. The Balaban J connectivity index is 1.62. The fraction of sp³-hybridized carbons (Fsp3) is 0.409. The molecule has 5 N–H and O–H groups in total. The van der Waals surface area contributed by atoms with Crippen LogP contribution in [0.25, 0.3) is 11.1 Å². The third-order valence-corrected chi connectivity index (χ3v) is 6.01. The molecule has 9 heteroatoms. The van der Waals surface area contributed by atoms with Gasteiger partial charge in [-0.1, -0.05) is 11.6 Å². The van der Waals surface area contributed by atoms with Crippen LogP contribution in [0.1, 0.15) is 31.2 Å². The lowest BCUT2D eigenvalue weighted by atomic mass is 9.91. The molecule has 0 aliphatic heterocycles. The maximum atomic E-state index is 9.18. The van der Waals surface area contributed by atoms with Gasteiger partial charge in [-0.15, -0.1) is 0 Å². The first-order valence-corrected chi connectivity index (χ1v) is 11.0. The van der Waals surface area contributed by atoms with E-state index in [4.69, 9.17) is 22.3 Å². The van der Waals surface area contributed by atoms with Crippen molar-refractivity contribution in [3.05, 3.63) is 47.4 Å². The van der Waals surface area contributed by atoms with Gasteiger partial charge in [0.25, 0.3) is 0 Å². The highest BCUT2D eigenvalue weighted by Gasteiger charge is 2.21. The first-order chi connectivity index (χ1) is 15.0. The topological polar surface area (TPSA) is 114 Å². The van der Waals surface area contributed by atoms with E-state index < -0.39 is 0 Å². The molecule has 0 atom stereocenters. The number of benzene rings is 1.